The summed E-state index contributed by atoms with van der Waals surface area (Å²) < 4.78 is 5.42. The first-order chi connectivity index (χ1) is 15.3. The van der Waals surface area contributed by atoms with Crippen LogP contribution in [0.2, 0.25) is 0 Å². The molecule has 0 N–H and O–H groups in total. The van der Waals surface area contributed by atoms with Crippen molar-refractivity contribution in [2.75, 3.05) is 0 Å². The number of amides is 1. The number of carbonyl (C=O) groups is 2. The van der Waals surface area contributed by atoms with Gasteiger partial charge in [-0.1, -0.05) is 48.7 Å². The predicted octanol–water partition coefficient (Wildman–Crippen LogP) is 3.51. The van der Waals surface area contributed by atoms with Crippen molar-refractivity contribution in [3.8, 4) is 0 Å². The molecule has 8 nitrogen and oxygen atoms in total. The molecule has 2 aliphatic rings. The summed E-state index contributed by atoms with van der Waals surface area (Å²) in [7, 11) is 0. The van der Waals surface area contributed by atoms with Gasteiger partial charge in [-0.25, -0.2) is 4.79 Å². The van der Waals surface area contributed by atoms with Crippen LogP contribution in [0.15, 0.2) is 71.7 Å². The smallest absolute Gasteiger partial charge is 0.333 e. The Morgan fingerprint density at radius 3 is 2.53 bits per heavy atom. The molecule has 1 amide bonds. The van der Waals surface area contributed by atoms with E-state index in [1.54, 1.807) is 6.92 Å². The minimum Gasteiger partial charge on any atom is -0.459 e. The van der Waals surface area contributed by atoms with Crippen LogP contribution in [0.25, 0.3) is 0 Å². The van der Waals surface area contributed by atoms with Gasteiger partial charge in [0.15, 0.2) is 12.1 Å². The lowest BCUT2D eigenvalue weighted by atomic mass is 10.00. The zero-order valence-corrected chi connectivity index (χ0v) is 18.2. The van der Waals surface area contributed by atoms with Crippen LogP contribution in [0.5, 0.6) is 0 Å². The number of carbonyl (C=O) groups excluding carboxylic acids is 2. The summed E-state index contributed by atoms with van der Waals surface area (Å²) in [5.74, 6) is -0.800. The molecule has 2 aromatic carbocycles. The first-order valence-corrected chi connectivity index (χ1v) is 10.9. The number of aliphatic imine (C=N–C) groups is 1. The first-order valence-electron chi connectivity index (χ1n) is 10.00. The van der Waals surface area contributed by atoms with Crippen molar-refractivity contribution in [2.45, 2.75) is 37.4 Å². The SMILES string of the molecule is C=C(C)[C@H](C(=O)OCc1ccc([N+](=O)[O-])cc1)N1C(=O)[C@H]2N=C(Cc3ccccc3)S[C@H]21. The Bertz CT molecular complexity index is 1100. The van der Waals surface area contributed by atoms with E-state index in [0.29, 0.717) is 17.6 Å². The number of nitrogens with zero attached hydrogens (tertiary/aromatic N) is 3. The Morgan fingerprint density at radius 1 is 1.22 bits per heavy atom. The zero-order chi connectivity index (χ0) is 22.8. The monoisotopic (exact) mass is 451 g/mol. The molecule has 0 unspecified atom stereocenters. The van der Waals surface area contributed by atoms with Crippen molar-refractivity contribution in [2.24, 2.45) is 4.99 Å². The van der Waals surface area contributed by atoms with Gasteiger partial charge >= 0.3 is 5.97 Å². The molecule has 0 aliphatic carbocycles. The number of hydrogen-bond acceptors (Lipinski definition) is 7. The summed E-state index contributed by atoms with van der Waals surface area (Å²) in [6.45, 7) is 5.51. The summed E-state index contributed by atoms with van der Waals surface area (Å²) in [5, 5.41) is 11.4. The normalized spacial score (nSPS) is 20.1. The molecule has 0 radical (unpaired) electrons. The number of esters is 1. The van der Waals surface area contributed by atoms with Crippen molar-refractivity contribution < 1.29 is 19.2 Å². The molecule has 0 spiro atoms. The van der Waals surface area contributed by atoms with Crippen molar-refractivity contribution in [1.82, 2.24) is 4.90 Å². The highest BCUT2D eigenvalue weighted by Gasteiger charge is 2.56. The highest BCUT2D eigenvalue weighted by Crippen LogP contribution is 2.42. The van der Waals surface area contributed by atoms with Gasteiger partial charge in [-0.3, -0.25) is 19.9 Å². The van der Waals surface area contributed by atoms with Crippen LogP contribution >= 0.6 is 11.8 Å². The molecule has 164 valence electrons. The minimum atomic E-state index is -0.902. The third-order valence-electron chi connectivity index (χ3n) is 5.29. The molecule has 1 fully saturated rings. The Kier molecular flexibility index (Phi) is 6.09. The highest BCUT2D eigenvalue weighted by atomic mass is 32.2. The fourth-order valence-corrected chi connectivity index (χ4v) is 5.02. The van der Waals surface area contributed by atoms with E-state index >= 15 is 0 Å². The number of benzene rings is 2. The van der Waals surface area contributed by atoms with Crippen LogP contribution in [0.1, 0.15) is 18.1 Å². The quantitative estimate of drug-likeness (QED) is 0.200. The predicted molar refractivity (Wildman–Crippen MR) is 121 cm³/mol. The van der Waals surface area contributed by atoms with Crippen LogP contribution in [0.3, 0.4) is 0 Å². The second-order valence-electron chi connectivity index (χ2n) is 7.66. The maximum Gasteiger partial charge on any atom is 0.333 e. The number of ether oxygens (including phenoxy) is 1. The molecule has 0 bridgehead atoms. The fourth-order valence-electron chi connectivity index (χ4n) is 3.67. The van der Waals surface area contributed by atoms with E-state index in [-0.39, 0.29) is 23.6 Å². The lowest BCUT2D eigenvalue weighted by molar-refractivity contribution is -0.384. The molecule has 1 saturated heterocycles. The summed E-state index contributed by atoms with van der Waals surface area (Å²) in [4.78, 5) is 41.9. The van der Waals surface area contributed by atoms with Gasteiger partial charge in [-0.2, -0.15) is 0 Å². The van der Waals surface area contributed by atoms with Crippen molar-refractivity contribution in [3.05, 3.63) is 88.0 Å². The summed E-state index contributed by atoms with van der Waals surface area (Å²) in [6, 6.07) is 14.3. The van der Waals surface area contributed by atoms with E-state index in [9.17, 15) is 19.7 Å². The van der Waals surface area contributed by atoms with Gasteiger partial charge in [-0.15, -0.1) is 0 Å². The van der Waals surface area contributed by atoms with Gasteiger partial charge < -0.3 is 9.64 Å². The molecule has 2 aliphatic heterocycles. The summed E-state index contributed by atoms with van der Waals surface area (Å²) >= 11 is 1.49. The summed E-state index contributed by atoms with van der Waals surface area (Å²) in [5.41, 5.74) is 2.18. The fraction of sp³-hybridized carbons (Fsp3) is 0.261. The van der Waals surface area contributed by atoms with Gasteiger partial charge in [0.2, 0.25) is 0 Å². The zero-order valence-electron chi connectivity index (χ0n) is 17.3. The van der Waals surface area contributed by atoms with Crippen LogP contribution in [-0.2, 0) is 27.4 Å². The third kappa shape index (κ3) is 4.29. The number of hydrogen-bond donors (Lipinski definition) is 0. The molecule has 32 heavy (non-hydrogen) atoms. The summed E-state index contributed by atoms with van der Waals surface area (Å²) in [6.07, 6.45) is 0.641. The molecular weight excluding hydrogens is 430 g/mol. The van der Waals surface area contributed by atoms with Gasteiger partial charge in [0, 0.05) is 18.6 Å². The van der Waals surface area contributed by atoms with Gasteiger partial charge in [0.25, 0.3) is 11.6 Å². The number of thioether (sulfide) groups is 1. The third-order valence-corrected chi connectivity index (χ3v) is 6.53. The van der Waals surface area contributed by atoms with E-state index in [1.165, 1.54) is 40.9 Å². The van der Waals surface area contributed by atoms with E-state index in [4.69, 9.17) is 4.74 Å². The maximum atomic E-state index is 12.8. The maximum absolute atomic E-state index is 12.8. The average Bonchev–Trinajstić information content (AvgIpc) is 3.15. The molecule has 4 rings (SSSR count). The number of β-lactam (4-membered cyclic amide) rings is 1. The Hall–Kier alpha value is -3.46. The van der Waals surface area contributed by atoms with E-state index in [0.717, 1.165) is 10.6 Å². The Morgan fingerprint density at radius 2 is 1.91 bits per heavy atom. The number of likely N-dealkylation sites (tertiary alicyclic amines) is 1. The molecule has 2 heterocycles. The molecule has 3 atom stereocenters. The number of non-ortho nitro benzene ring substituents is 1. The lowest BCUT2D eigenvalue weighted by Crippen LogP contribution is -2.66. The van der Waals surface area contributed by atoms with Gasteiger partial charge in [0.1, 0.15) is 12.0 Å². The van der Waals surface area contributed by atoms with Gasteiger partial charge in [-0.05, 0) is 35.8 Å². The molecular formula is C23H21N3O5S. The minimum absolute atomic E-state index is 0.0401. The number of nitro benzene ring substituents is 1. The van der Waals surface area contributed by atoms with Crippen LogP contribution in [-0.4, -0.2) is 44.2 Å². The number of nitro groups is 1. The Labute approximate surface area is 189 Å². The van der Waals surface area contributed by atoms with Crippen LogP contribution < -0.4 is 0 Å². The molecule has 0 saturated carbocycles. The lowest BCUT2D eigenvalue weighted by Gasteiger charge is -2.45. The Balaban J connectivity index is 1.40. The topological polar surface area (TPSA) is 102 Å². The van der Waals surface area contributed by atoms with Crippen molar-refractivity contribution in [1.29, 1.82) is 0 Å². The highest BCUT2D eigenvalue weighted by molar-refractivity contribution is 8.14. The van der Waals surface area contributed by atoms with Crippen LogP contribution in [0, 0.1) is 10.1 Å². The van der Waals surface area contributed by atoms with Crippen molar-refractivity contribution >= 4 is 34.4 Å². The van der Waals surface area contributed by atoms with Crippen LogP contribution in [0.4, 0.5) is 5.69 Å². The second-order valence-corrected chi connectivity index (χ2v) is 8.85. The van der Waals surface area contributed by atoms with Crippen molar-refractivity contribution in [3.63, 3.8) is 0 Å². The largest absolute Gasteiger partial charge is 0.459 e. The molecule has 0 aromatic heterocycles. The molecule has 9 heteroatoms. The number of rotatable bonds is 8. The van der Waals surface area contributed by atoms with E-state index in [2.05, 4.69) is 11.6 Å². The average molecular weight is 452 g/mol. The van der Waals surface area contributed by atoms with Gasteiger partial charge in [0.05, 0.1) is 9.97 Å². The second kappa shape index (κ2) is 8.96. The molecule has 2 aromatic rings. The van der Waals surface area contributed by atoms with E-state index in [1.807, 2.05) is 30.3 Å². The first kappa shape index (κ1) is 21.8. The standard InChI is InChI=1S/C23H21N3O5S/c1-14(2)20(23(28)31-13-16-8-10-17(11-9-16)26(29)30)25-21(27)19-22(25)32-18(24-19)12-15-6-4-3-5-7-15/h3-11,19-20,22H,1,12-13H2,2H3/t19-,20-,22-/m1/s1. The van der Waals surface area contributed by atoms with E-state index < -0.39 is 23.0 Å². The number of fused-ring (bicyclic) bond motifs is 1.